The number of benzene rings is 2. The minimum absolute atomic E-state index is 0.781. The maximum atomic E-state index is 5.66. The first-order chi connectivity index (χ1) is 15.5. The van der Waals surface area contributed by atoms with Gasteiger partial charge in [0.2, 0.25) is 0 Å². The summed E-state index contributed by atoms with van der Waals surface area (Å²) in [6, 6.07) is 18.8. The fourth-order valence-electron chi connectivity index (χ4n) is 3.90. The summed E-state index contributed by atoms with van der Waals surface area (Å²) < 4.78 is 15.5. The van der Waals surface area contributed by atoms with E-state index < -0.39 is 0 Å². The van der Waals surface area contributed by atoms with Gasteiger partial charge in [0.25, 0.3) is 5.65 Å². The molecule has 0 radical (unpaired) electrons. The van der Waals surface area contributed by atoms with Gasteiger partial charge in [-0.1, -0.05) is 24.3 Å². The van der Waals surface area contributed by atoms with Crippen LogP contribution in [0.4, 0.5) is 5.69 Å². The Balaban J connectivity index is 1.71. The lowest BCUT2D eigenvalue weighted by atomic mass is 10.1. The molecule has 0 aliphatic heterocycles. The molecule has 0 saturated heterocycles. The first-order valence-electron chi connectivity index (χ1n) is 10.8. The Morgan fingerprint density at radius 3 is 2.31 bits per heavy atom. The zero-order chi connectivity index (χ0) is 22.7. The summed E-state index contributed by atoms with van der Waals surface area (Å²) >= 11 is 0. The van der Waals surface area contributed by atoms with Gasteiger partial charge in [0.1, 0.15) is 17.7 Å². The number of hydrogen-bond donors (Lipinski definition) is 0. The first kappa shape index (κ1) is 21.5. The molecule has 5 heteroatoms. The highest BCUT2D eigenvalue weighted by molar-refractivity contribution is 5.73. The molecular formula is C27H30N3O2+. The maximum Gasteiger partial charge on any atom is 0.287 e. The molecule has 0 aliphatic carbocycles. The number of fused-ring (bicyclic) bond motifs is 1. The van der Waals surface area contributed by atoms with Crippen LogP contribution in [0.3, 0.4) is 0 Å². The average molecular weight is 429 g/mol. The third-order valence-corrected chi connectivity index (χ3v) is 5.70. The zero-order valence-electron chi connectivity index (χ0n) is 19.4. The van der Waals surface area contributed by atoms with E-state index in [1.807, 2.05) is 12.1 Å². The van der Waals surface area contributed by atoms with Crippen LogP contribution < -0.4 is 18.8 Å². The van der Waals surface area contributed by atoms with E-state index in [1.54, 1.807) is 14.2 Å². The summed E-state index contributed by atoms with van der Waals surface area (Å²) in [5.41, 5.74) is 6.80. The van der Waals surface area contributed by atoms with Gasteiger partial charge in [0, 0.05) is 31.9 Å². The lowest BCUT2D eigenvalue weighted by Crippen LogP contribution is -2.18. The number of methoxy groups -OCH3 is 2. The summed E-state index contributed by atoms with van der Waals surface area (Å²) in [5.74, 6) is 1.58. The SMILES string of the molecule is CCn1c(-c2ccc(OC)cc2OC)c[n+]2ccc(C=Cc3ccc(N(C)C)cc3)cc12. The number of imidazole rings is 1. The van der Waals surface area contributed by atoms with Gasteiger partial charge in [0.05, 0.1) is 32.5 Å². The van der Waals surface area contributed by atoms with Gasteiger partial charge in [0.15, 0.2) is 5.69 Å². The number of aryl methyl sites for hydroxylation is 1. The molecule has 2 aromatic heterocycles. The Kier molecular flexibility index (Phi) is 6.17. The second kappa shape index (κ2) is 9.18. The molecule has 164 valence electrons. The second-order valence-electron chi connectivity index (χ2n) is 7.87. The monoisotopic (exact) mass is 428 g/mol. The average Bonchev–Trinajstić information content (AvgIpc) is 3.20. The molecule has 32 heavy (non-hydrogen) atoms. The van der Waals surface area contributed by atoms with E-state index in [1.165, 1.54) is 11.3 Å². The van der Waals surface area contributed by atoms with Crippen LogP contribution in [0.1, 0.15) is 18.1 Å². The summed E-state index contributed by atoms with van der Waals surface area (Å²) in [7, 11) is 7.46. The van der Waals surface area contributed by atoms with Gasteiger partial charge in [-0.15, -0.1) is 0 Å². The molecule has 0 unspecified atom stereocenters. The minimum Gasteiger partial charge on any atom is -0.497 e. The van der Waals surface area contributed by atoms with E-state index >= 15 is 0 Å². The van der Waals surface area contributed by atoms with Crippen LogP contribution in [0.5, 0.6) is 11.5 Å². The van der Waals surface area contributed by atoms with Crippen molar-refractivity contribution in [1.82, 2.24) is 4.57 Å². The molecule has 5 nitrogen and oxygen atoms in total. The number of hydrogen-bond acceptors (Lipinski definition) is 3. The maximum absolute atomic E-state index is 5.66. The molecule has 0 atom stereocenters. The Morgan fingerprint density at radius 1 is 0.906 bits per heavy atom. The van der Waals surface area contributed by atoms with Crippen molar-refractivity contribution in [2.75, 3.05) is 33.2 Å². The minimum atomic E-state index is 0.781. The number of aromatic nitrogens is 2. The predicted molar refractivity (Wildman–Crippen MR) is 132 cm³/mol. The molecule has 0 aliphatic rings. The van der Waals surface area contributed by atoms with Crippen molar-refractivity contribution in [1.29, 1.82) is 0 Å². The fraction of sp³-hybridized carbons (Fsp3) is 0.222. The molecule has 0 N–H and O–H groups in total. The lowest BCUT2D eigenvalue weighted by molar-refractivity contribution is -0.510. The van der Waals surface area contributed by atoms with Gasteiger partial charge in [-0.3, -0.25) is 0 Å². The summed E-state index contributed by atoms with van der Waals surface area (Å²) in [4.78, 5) is 2.10. The van der Waals surface area contributed by atoms with E-state index in [0.29, 0.717) is 0 Å². The molecule has 0 amide bonds. The molecule has 0 fully saturated rings. The highest BCUT2D eigenvalue weighted by Crippen LogP contribution is 2.33. The van der Waals surface area contributed by atoms with E-state index in [-0.39, 0.29) is 0 Å². The van der Waals surface area contributed by atoms with Gasteiger partial charge < -0.3 is 14.4 Å². The normalized spacial score (nSPS) is 11.3. The first-order valence-corrected chi connectivity index (χ1v) is 10.8. The van der Waals surface area contributed by atoms with Crippen molar-refractivity contribution in [3.63, 3.8) is 0 Å². The summed E-state index contributed by atoms with van der Waals surface area (Å²) in [6.45, 7) is 3.01. The lowest BCUT2D eigenvalue weighted by Gasteiger charge is -2.11. The molecule has 2 aromatic carbocycles. The van der Waals surface area contributed by atoms with Crippen molar-refractivity contribution in [3.05, 3.63) is 78.1 Å². The Labute approximate surface area is 189 Å². The van der Waals surface area contributed by atoms with Gasteiger partial charge >= 0.3 is 0 Å². The van der Waals surface area contributed by atoms with Crippen LogP contribution in [-0.2, 0) is 6.54 Å². The van der Waals surface area contributed by atoms with E-state index in [0.717, 1.165) is 40.5 Å². The van der Waals surface area contributed by atoms with Gasteiger partial charge in [-0.2, -0.15) is 0 Å². The van der Waals surface area contributed by atoms with Gasteiger partial charge in [-0.05, 0) is 48.4 Å². The molecule has 0 saturated carbocycles. The predicted octanol–water partition coefficient (Wildman–Crippen LogP) is 5.17. The van der Waals surface area contributed by atoms with Crippen LogP contribution in [0.15, 0.2) is 67.0 Å². The van der Waals surface area contributed by atoms with E-state index in [9.17, 15) is 0 Å². The quantitative estimate of drug-likeness (QED) is 0.381. The van der Waals surface area contributed by atoms with Crippen molar-refractivity contribution >= 4 is 23.5 Å². The summed E-state index contributed by atoms with van der Waals surface area (Å²) in [6.07, 6.45) is 8.57. The van der Waals surface area contributed by atoms with Crippen LogP contribution >= 0.6 is 0 Å². The van der Waals surface area contributed by atoms with Gasteiger partial charge in [-0.25, -0.2) is 8.97 Å². The molecule has 0 bridgehead atoms. The Bertz CT molecular complexity index is 1250. The van der Waals surface area contributed by atoms with Crippen molar-refractivity contribution in [2.24, 2.45) is 0 Å². The smallest absolute Gasteiger partial charge is 0.287 e. The van der Waals surface area contributed by atoms with E-state index in [4.69, 9.17) is 9.47 Å². The van der Waals surface area contributed by atoms with Crippen LogP contribution in [0.2, 0.25) is 0 Å². The number of rotatable bonds is 7. The fourth-order valence-corrected chi connectivity index (χ4v) is 3.90. The molecular weight excluding hydrogens is 398 g/mol. The summed E-state index contributed by atoms with van der Waals surface area (Å²) in [5, 5.41) is 0. The second-order valence-corrected chi connectivity index (χ2v) is 7.87. The van der Waals surface area contributed by atoms with Crippen LogP contribution in [-0.4, -0.2) is 32.9 Å². The number of nitrogens with zero attached hydrogens (tertiary/aromatic N) is 3. The van der Waals surface area contributed by atoms with E-state index in [2.05, 4.69) is 102 Å². The van der Waals surface area contributed by atoms with Crippen LogP contribution in [0, 0.1) is 0 Å². The molecule has 2 heterocycles. The molecule has 0 spiro atoms. The Hall–Kier alpha value is -3.73. The van der Waals surface area contributed by atoms with Crippen molar-refractivity contribution < 1.29 is 13.9 Å². The largest absolute Gasteiger partial charge is 0.497 e. The number of pyridine rings is 1. The number of ether oxygens (including phenoxy) is 2. The zero-order valence-corrected chi connectivity index (χ0v) is 19.4. The third-order valence-electron chi connectivity index (χ3n) is 5.70. The molecule has 4 aromatic rings. The Morgan fingerprint density at radius 2 is 1.66 bits per heavy atom. The van der Waals surface area contributed by atoms with Crippen molar-refractivity contribution in [2.45, 2.75) is 13.5 Å². The third kappa shape index (κ3) is 4.19. The van der Waals surface area contributed by atoms with Crippen LogP contribution in [0.25, 0.3) is 29.1 Å². The van der Waals surface area contributed by atoms with Crippen molar-refractivity contribution in [3.8, 4) is 22.8 Å². The topological polar surface area (TPSA) is 30.7 Å². The molecule has 4 rings (SSSR count). The standard InChI is InChI=1S/C27H30N3O2/c1-6-30-25(24-14-13-23(31-4)18-26(24)32-5)19-29-16-15-21(17-27(29)30)8-7-20-9-11-22(12-10-20)28(2)3/h7-19H,6H2,1-5H3/q+1. The highest BCUT2D eigenvalue weighted by Gasteiger charge is 2.21. The number of anilines is 1. The highest BCUT2D eigenvalue weighted by atomic mass is 16.5.